The zero-order chi connectivity index (χ0) is 15.8. The quantitative estimate of drug-likeness (QED) is 0.409. The van der Waals surface area contributed by atoms with E-state index in [2.05, 4.69) is 25.7 Å². The second-order valence-electron chi connectivity index (χ2n) is 6.66. The molecule has 2 aliphatic heterocycles. The van der Waals surface area contributed by atoms with Crippen molar-refractivity contribution >= 4 is 0 Å². The molecule has 2 fully saturated rings. The van der Waals surface area contributed by atoms with E-state index in [1.165, 1.54) is 19.3 Å². The minimum Gasteiger partial charge on any atom is -0.374 e. The van der Waals surface area contributed by atoms with Gasteiger partial charge in [0.1, 0.15) is 12.2 Å². The van der Waals surface area contributed by atoms with Crippen LogP contribution in [0.4, 0.5) is 0 Å². The van der Waals surface area contributed by atoms with Gasteiger partial charge in [-0.3, -0.25) is 4.90 Å². The van der Waals surface area contributed by atoms with Crippen molar-refractivity contribution in [3.8, 4) is 0 Å². The molecule has 2 rings (SSSR count). The normalized spacial score (nSPS) is 33.7. The van der Waals surface area contributed by atoms with Crippen LogP contribution in [0.5, 0.6) is 0 Å². The van der Waals surface area contributed by atoms with E-state index in [0.717, 1.165) is 52.2 Å². The van der Waals surface area contributed by atoms with Crippen molar-refractivity contribution in [1.82, 2.24) is 4.90 Å². The Balaban J connectivity index is 1.90. The summed E-state index contributed by atoms with van der Waals surface area (Å²) >= 11 is 0. The van der Waals surface area contributed by atoms with Gasteiger partial charge in [0.25, 0.3) is 0 Å². The van der Waals surface area contributed by atoms with Gasteiger partial charge in [-0.25, -0.2) is 0 Å². The zero-order valence-corrected chi connectivity index (χ0v) is 14.8. The molecule has 130 valence electrons. The van der Waals surface area contributed by atoms with Crippen LogP contribution in [0.25, 0.3) is 0 Å². The van der Waals surface area contributed by atoms with Crippen LogP contribution in [0.1, 0.15) is 59.3 Å². The number of nitrogens with zero attached hydrogens (tertiary/aromatic N) is 1. The van der Waals surface area contributed by atoms with Crippen molar-refractivity contribution < 1.29 is 14.2 Å². The molecule has 2 aliphatic rings. The van der Waals surface area contributed by atoms with Crippen LogP contribution >= 0.6 is 0 Å². The first-order chi connectivity index (χ1) is 10.8. The van der Waals surface area contributed by atoms with E-state index < -0.39 is 0 Å². The summed E-state index contributed by atoms with van der Waals surface area (Å²) < 4.78 is 18.6. The molecule has 0 bridgehead atoms. The monoisotopic (exact) mass is 313 g/mol. The van der Waals surface area contributed by atoms with Gasteiger partial charge in [0, 0.05) is 32.9 Å². The summed E-state index contributed by atoms with van der Waals surface area (Å²) in [5.41, 5.74) is 0. The summed E-state index contributed by atoms with van der Waals surface area (Å²) in [6.45, 7) is 11.3. The fourth-order valence-electron chi connectivity index (χ4n) is 3.14. The number of unbranched alkanes of at least 4 members (excludes halogenated alkanes) is 3. The van der Waals surface area contributed by atoms with E-state index in [9.17, 15) is 0 Å². The maximum atomic E-state index is 6.23. The molecule has 0 N–H and O–H groups in total. The molecule has 3 unspecified atom stereocenters. The Hall–Kier alpha value is -0.160. The molecule has 0 aromatic rings. The van der Waals surface area contributed by atoms with Gasteiger partial charge in [-0.15, -0.1) is 0 Å². The van der Waals surface area contributed by atoms with E-state index >= 15 is 0 Å². The molecule has 0 amide bonds. The Morgan fingerprint density at radius 2 is 1.27 bits per heavy atom. The van der Waals surface area contributed by atoms with Crippen molar-refractivity contribution in [3.63, 3.8) is 0 Å². The summed E-state index contributed by atoms with van der Waals surface area (Å²) in [4.78, 5) is 2.48. The molecule has 22 heavy (non-hydrogen) atoms. The van der Waals surface area contributed by atoms with Gasteiger partial charge >= 0.3 is 0 Å². The maximum Gasteiger partial charge on any atom is 0.113 e. The summed E-state index contributed by atoms with van der Waals surface area (Å²) in [7, 11) is 0. The van der Waals surface area contributed by atoms with E-state index in [1.54, 1.807) is 0 Å². The number of fused-ring (bicyclic) bond motifs is 1. The smallest absolute Gasteiger partial charge is 0.113 e. The van der Waals surface area contributed by atoms with Crippen LogP contribution in [0.3, 0.4) is 0 Å². The molecule has 2 heterocycles. The molecule has 0 aromatic heterocycles. The standard InChI is InChI=1S/C18H35NO3/c1-4-7-10-20-16-14-19-13-15(19)17(21-11-8-5-2)18(16)22-12-9-6-3/h15-18H,4-14H2,1-3H3/t15?,16-,17+,18?,19?/m1/s1. The highest BCUT2D eigenvalue weighted by molar-refractivity contribution is 5.07. The predicted octanol–water partition coefficient (Wildman–Crippen LogP) is 3.24. The molecule has 0 aliphatic carbocycles. The Morgan fingerprint density at radius 1 is 0.727 bits per heavy atom. The van der Waals surface area contributed by atoms with Crippen molar-refractivity contribution in [2.75, 3.05) is 32.9 Å². The molecular weight excluding hydrogens is 278 g/mol. The second kappa shape index (κ2) is 9.86. The number of hydrogen-bond acceptors (Lipinski definition) is 4. The molecule has 2 saturated heterocycles. The average molecular weight is 313 g/mol. The number of rotatable bonds is 12. The number of hydrogen-bond donors (Lipinski definition) is 0. The molecule has 0 spiro atoms. The van der Waals surface area contributed by atoms with E-state index in [0.29, 0.717) is 6.04 Å². The number of piperidine rings is 1. The van der Waals surface area contributed by atoms with Crippen LogP contribution in [-0.2, 0) is 14.2 Å². The van der Waals surface area contributed by atoms with Crippen molar-refractivity contribution in [1.29, 1.82) is 0 Å². The van der Waals surface area contributed by atoms with Gasteiger partial charge in [0.2, 0.25) is 0 Å². The molecular formula is C18H35NO3. The summed E-state index contributed by atoms with van der Waals surface area (Å²) in [6, 6.07) is 0.564. The Morgan fingerprint density at radius 3 is 1.86 bits per heavy atom. The van der Waals surface area contributed by atoms with E-state index in [1.807, 2.05) is 0 Å². The fourth-order valence-corrected chi connectivity index (χ4v) is 3.14. The van der Waals surface area contributed by atoms with Crippen LogP contribution in [0.2, 0.25) is 0 Å². The van der Waals surface area contributed by atoms with Crippen molar-refractivity contribution in [2.24, 2.45) is 0 Å². The van der Waals surface area contributed by atoms with Crippen molar-refractivity contribution in [2.45, 2.75) is 83.6 Å². The third-order valence-corrected chi connectivity index (χ3v) is 4.69. The average Bonchev–Trinajstić information content (AvgIpc) is 3.29. The first-order valence-electron chi connectivity index (χ1n) is 9.40. The maximum absolute atomic E-state index is 6.23. The lowest BCUT2D eigenvalue weighted by molar-refractivity contribution is -0.160. The van der Waals surface area contributed by atoms with E-state index in [-0.39, 0.29) is 18.3 Å². The largest absolute Gasteiger partial charge is 0.374 e. The Kier molecular flexibility index (Phi) is 8.15. The van der Waals surface area contributed by atoms with E-state index in [4.69, 9.17) is 14.2 Å². The summed E-state index contributed by atoms with van der Waals surface area (Å²) in [5, 5.41) is 0. The van der Waals surface area contributed by atoms with Gasteiger partial charge in [0.15, 0.2) is 0 Å². The van der Waals surface area contributed by atoms with Crippen LogP contribution in [0.15, 0.2) is 0 Å². The zero-order valence-electron chi connectivity index (χ0n) is 14.8. The lowest BCUT2D eigenvalue weighted by atomic mass is 10.0. The first kappa shape index (κ1) is 18.2. The van der Waals surface area contributed by atoms with Crippen LogP contribution in [-0.4, -0.2) is 62.2 Å². The third-order valence-electron chi connectivity index (χ3n) is 4.69. The second-order valence-corrected chi connectivity index (χ2v) is 6.66. The fraction of sp³-hybridized carbons (Fsp3) is 1.00. The highest BCUT2D eigenvalue weighted by Crippen LogP contribution is 2.35. The highest BCUT2D eigenvalue weighted by atomic mass is 16.6. The minimum absolute atomic E-state index is 0.115. The molecule has 0 aromatic carbocycles. The minimum atomic E-state index is 0.115. The molecule has 5 atom stereocenters. The van der Waals surface area contributed by atoms with Gasteiger partial charge in [-0.05, 0) is 19.3 Å². The topological polar surface area (TPSA) is 30.7 Å². The molecule has 0 saturated carbocycles. The first-order valence-corrected chi connectivity index (χ1v) is 9.40. The van der Waals surface area contributed by atoms with Gasteiger partial charge < -0.3 is 14.2 Å². The predicted molar refractivity (Wildman–Crippen MR) is 89.3 cm³/mol. The summed E-state index contributed by atoms with van der Waals surface area (Å²) in [5.74, 6) is 0. The van der Waals surface area contributed by atoms with Gasteiger partial charge in [-0.1, -0.05) is 40.0 Å². The third kappa shape index (κ3) is 5.19. The Labute approximate surface area is 136 Å². The lowest BCUT2D eigenvalue weighted by Crippen LogP contribution is -2.53. The molecule has 4 heteroatoms. The Bertz CT molecular complexity index is 300. The summed E-state index contributed by atoms with van der Waals surface area (Å²) in [6.07, 6.45) is 7.39. The van der Waals surface area contributed by atoms with Crippen LogP contribution in [0, 0.1) is 0 Å². The molecule has 4 nitrogen and oxygen atoms in total. The SMILES string of the molecule is CCCCOC1[C@@H](OCCCC)C2CN2C[C@H]1OCCCC. The van der Waals surface area contributed by atoms with Crippen molar-refractivity contribution in [3.05, 3.63) is 0 Å². The number of ether oxygens (including phenoxy) is 3. The van der Waals surface area contributed by atoms with Gasteiger partial charge in [-0.2, -0.15) is 0 Å². The van der Waals surface area contributed by atoms with Crippen LogP contribution < -0.4 is 0 Å². The molecule has 0 radical (unpaired) electrons. The van der Waals surface area contributed by atoms with Gasteiger partial charge in [0.05, 0.1) is 12.1 Å². The lowest BCUT2D eigenvalue weighted by Gasteiger charge is -2.37. The highest BCUT2D eigenvalue weighted by Gasteiger charge is 2.53.